The summed E-state index contributed by atoms with van der Waals surface area (Å²) in [6, 6.07) is 11.4. The molecule has 24 heavy (non-hydrogen) atoms. The molecule has 5 nitrogen and oxygen atoms in total. The van der Waals surface area contributed by atoms with Gasteiger partial charge in [-0.1, -0.05) is 12.1 Å². The smallest absolute Gasteiger partial charge is 0.338 e. The van der Waals surface area contributed by atoms with E-state index >= 15 is 0 Å². The Hall–Kier alpha value is -2.11. The number of ether oxygens (including phenoxy) is 1. The highest BCUT2D eigenvalue weighted by Gasteiger charge is 2.16. The van der Waals surface area contributed by atoms with Gasteiger partial charge in [0.05, 0.1) is 18.7 Å². The van der Waals surface area contributed by atoms with Gasteiger partial charge in [0.15, 0.2) is 0 Å². The van der Waals surface area contributed by atoms with Gasteiger partial charge in [-0.3, -0.25) is 4.90 Å². The first-order valence-corrected chi connectivity index (χ1v) is 8.43. The van der Waals surface area contributed by atoms with Gasteiger partial charge in [0.1, 0.15) is 11.5 Å². The van der Waals surface area contributed by atoms with Gasteiger partial charge < -0.3 is 14.1 Å². The highest BCUT2D eigenvalue weighted by molar-refractivity contribution is 5.90. The number of benzene rings is 1. The second kappa shape index (κ2) is 7.64. The number of hydrogen-bond acceptors (Lipinski definition) is 5. The van der Waals surface area contributed by atoms with Crippen LogP contribution in [0.3, 0.4) is 0 Å². The number of hydrogen-bond donors (Lipinski definition) is 0. The van der Waals surface area contributed by atoms with E-state index in [1.54, 1.807) is 13.0 Å². The third-order valence-corrected chi connectivity index (χ3v) is 4.30. The number of piperazine rings is 1. The van der Waals surface area contributed by atoms with Crippen LogP contribution in [-0.2, 0) is 11.3 Å². The summed E-state index contributed by atoms with van der Waals surface area (Å²) in [5.41, 5.74) is 1.44. The van der Waals surface area contributed by atoms with Crippen LogP contribution in [0.2, 0.25) is 0 Å². The van der Waals surface area contributed by atoms with Gasteiger partial charge in [-0.05, 0) is 38.2 Å². The summed E-state index contributed by atoms with van der Waals surface area (Å²) in [6.07, 6.45) is 0. The first-order chi connectivity index (χ1) is 11.7. The maximum Gasteiger partial charge on any atom is 0.338 e. The van der Waals surface area contributed by atoms with E-state index in [0.29, 0.717) is 12.2 Å². The lowest BCUT2D eigenvalue weighted by molar-refractivity contribution is 0.0526. The molecule has 128 valence electrons. The summed E-state index contributed by atoms with van der Waals surface area (Å²) < 4.78 is 11.0. The number of furan rings is 1. The zero-order valence-electron chi connectivity index (χ0n) is 14.3. The van der Waals surface area contributed by atoms with Crippen LogP contribution in [0.1, 0.15) is 23.0 Å². The zero-order valence-corrected chi connectivity index (χ0v) is 14.3. The molecule has 2 heterocycles. The largest absolute Gasteiger partial charge is 0.462 e. The van der Waals surface area contributed by atoms with Crippen molar-refractivity contribution < 1.29 is 13.9 Å². The zero-order chi connectivity index (χ0) is 16.9. The van der Waals surface area contributed by atoms with Crippen LogP contribution in [0.4, 0.5) is 0 Å². The Morgan fingerprint density at radius 2 is 1.96 bits per heavy atom. The molecule has 0 bridgehead atoms. The Bertz CT molecular complexity index is 687. The molecule has 1 aromatic heterocycles. The van der Waals surface area contributed by atoms with Crippen molar-refractivity contribution >= 4 is 5.97 Å². The van der Waals surface area contributed by atoms with Crippen LogP contribution in [0.15, 0.2) is 40.8 Å². The molecule has 0 atom stereocenters. The van der Waals surface area contributed by atoms with Gasteiger partial charge in [0.2, 0.25) is 0 Å². The predicted molar refractivity (Wildman–Crippen MR) is 92.9 cm³/mol. The molecule has 0 unspecified atom stereocenters. The SMILES string of the molecule is CCOC(=O)c1cccc(-c2ccc(CN3CCN(C)CC3)o2)c1. The highest BCUT2D eigenvalue weighted by atomic mass is 16.5. The van der Waals surface area contributed by atoms with E-state index in [1.807, 2.05) is 30.3 Å². The predicted octanol–water partition coefficient (Wildman–Crippen LogP) is 2.87. The number of esters is 1. The second-order valence-electron chi connectivity index (χ2n) is 6.15. The minimum absolute atomic E-state index is 0.302. The Kier molecular flexibility index (Phi) is 5.33. The molecule has 0 aliphatic carbocycles. The first-order valence-electron chi connectivity index (χ1n) is 8.43. The van der Waals surface area contributed by atoms with Crippen LogP contribution in [-0.4, -0.2) is 55.6 Å². The Morgan fingerprint density at radius 3 is 2.71 bits per heavy atom. The molecule has 1 fully saturated rings. The molecule has 2 aromatic rings. The molecule has 5 heteroatoms. The lowest BCUT2D eigenvalue weighted by Crippen LogP contribution is -2.43. The van der Waals surface area contributed by atoms with E-state index in [0.717, 1.165) is 49.8 Å². The van der Waals surface area contributed by atoms with E-state index in [-0.39, 0.29) is 5.97 Å². The van der Waals surface area contributed by atoms with Crippen molar-refractivity contribution in [2.75, 3.05) is 39.8 Å². The topological polar surface area (TPSA) is 45.9 Å². The molecule has 0 N–H and O–H groups in total. The molecule has 0 saturated carbocycles. The number of nitrogens with zero attached hydrogens (tertiary/aromatic N) is 2. The van der Waals surface area contributed by atoms with Crippen LogP contribution in [0.5, 0.6) is 0 Å². The quantitative estimate of drug-likeness (QED) is 0.790. The molecule has 0 amide bonds. The molecule has 1 aliphatic heterocycles. The van der Waals surface area contributed by atoms with Crippen molar-refractivity contribution in [3.63, 3.8) is 0 Å². The molecule has 1 aliphatic rings. The fourth-order valence-electron chi connectivity index (χ4n) is 2.86. The molecular formula is C19H24N2O3. The average Bonchev–Trinajstić information content (AvgIpc) is 3.06. The van der Waals surface area contributed by atoms with Crippen molar-refractivity contribution in [3.8, 4) is 11.3 Å². The van der Waals surface area contributed by atoms with Crippen LogP contribution in [0, 0.1) is 0 Å². The Morgan fingerprint density at radius 1 is 1.17 bits per heavy atom. The fourth-order valence-corrected chi connectivity index (χ4v) is 2.86. The van der Waals surface area contributed by atoms with E-state index in [1.165, 1.54) is 0 Å². The van der Waals surface area contributed by atoms with E-state index < -0.39 is 0 Å². The summed E-state index contributed by atoms with van der Waals surface area (Å²) in [4.78, 5) is 16.6. The van der Waals surface area contributed by atoms with Crippen LogP contribution >= 0.6 is 0 Å². The number of carbonyl (C=O) groups is 1. The van der Waals surface area contributed by atoms with Crippen LogP contribution < -0.4 is 0 Å². The summed E-state index contributed by atoms with van der Waals surface area (Å²) in [7, 11) is 2.15. The molecule has 0 spiro atoms. The van der Waals surface area contributed by atoms with Crippen molar-refractivity contribution in [3.05, 3.63) is 47.7 Å². The van der Waals surface area contributed by atoms with Gasteiger partial charge in [0, 0.05) is 31.7 Å². The minimum atomic E-state index is -0.302. The van der Waals surface area contributed by atoms with Gasteiger partial charge >= 0.3 is 5.97 Å². The summed E-state index contributed by atoms with van der Waals surface area (Å²) >= 11 is 0. The third kappa shape index (κ3) is 4.04. The lowest BCUT2D eigenvalue weighted by atomic mass is 10.1. The van der Waals surface area contributed by atoms with Crippen molar-refractivity contribution in [1.82, 2.24) is 9.80 Å². The number of rotatable bonds is 5. The maximum atomic E-state index is 11.9. The normalized spacial score (nSPS) is 16.2. The van der Waals surface area contributed by atoms with Gasteiger partial charge in [-0.25, -0.2) is 4.79 Å². The van der Waals surface area contributed by atoms with Crippen molar-refractivity contribution in [1.29, 1.82) is 0 Å². The minimum Gasteiger partial charge on any atom is -0.462 e. The second-order valence-corrected chi connectivity index (χ2v) is 6.15. The maximum absolute atomic E-state index is 11.9. The fraction of sp³-hybridized carbons (Fsp3) is 0.421. The Balaban J connectivity index is 1.69. The van der Waals surface area contributed by atoms with Crippen LogP contribution in [0.25, 0.3) is 11.3 Å². The Labute approximate surface area is 142 Å². The van der Waals surface area contributed by atoms with Gasteiger partial charge in [0.25, 0.3) is 0 Å². The van der Waals surface area contributed by atoms with Gasteiger partial charge in [-0.15, -0.1) is 0 Å². The molecule has 1 saturated heterocycles. The van der Waals surface area contributed by atoms with Crippen molar-refractivity contribution in [2.45, 2.75) is 13.5 Å². The number of likely N-dealkylation sites (N-methyl/N-ethyl adjacent to an activating group) is 1. The monoisotopic (exact) mass is 328 g/mol. The van der Waals surface area contributed by atoms with Crippen molar-refractivity contribution in [2.24, 2.45) is 0 Å². The number of carbonyl (C=O) groups excluding carboxylic acids is 1. The first kappa shape index (κ1) is 16.7. The molecular weight excluding hydrogens is 304 g/mol. The van der Waals surface area contributed by atoms with Gasteiger partial charge in [-0.2, -0.15) is 0 Å². The molecule has 0 radical (unpaired) electrons. The third-order valence-electron chi connectivity index (χ3n) is 4.30. The molecule has 1 aromatic carbocycles. The lowest BCUT2D eigenvalue weighted by Gasteiger charge is -2.31. The van der Waals surface area contributed by atoms with E-state index in [9.17, 15) is 4.79 Å². The van der Waals surface area contributed by atoms with E-state index in [4.69, 9.17) is 9.15 Å². The standard InChI is InChI=1S/C19H24N2O3/c1-3-23-19(22)16-6-4-5-15(13-16)18-8-7-17(24-18)14-21-11-9-20(2)10-12-21/h4-8,13H,3,9-12,14H2,1-2H3. The summed E-state index contributed by atoms with van der Waals surface area (Å²) in [6.45, 7) is 7.31. The van der Waals surface area contributed by atoms with E-state index in [2.05, 4.69) is 16.8 Å². The average molecular weight is 328 g/mol. The highest BCUT2D eigenvalue weighted by Crippen LogP contribution is 2.24. The summed E-state index contributed by atoms with van der Waals surface area (Å²) in [5.74, 6) is 1.44. The summed E-state index contributed by atoms with van der Waals surface area (Å²) in [5, 5.41) is 0. The molecule has 3 rings (SSSR count).